The van der Waals surface area contributed by atoms with Crippen molar-refractivity contribution in [1.82, 2.24) is 10.6 Å². The number of halogens is 1. The molecule has 19 heavy (non-hydrogen) atoms. The van der Waals surface area contributed by atoms with Gasteiger partial charge in [-0.1, -0.05) is 0 Å². The van der Waals surface area contributed by atoms with E-state index in [0.717, 1.165) is 12.5 Å². The number of thioether (sulfide) groups is 1. The fraction of sp³-hybridized carbons (Fsp3) is 0.909. The van der Waals surface area contributed by atoms with Crippen LogP contribution >= 0.6 is 35.7 Å². The summed E-state index contributed by atoms with van der Waals surface area (Å²) in [5.41, 5.74) is 0. The van der Waals surface area contributed by atoms with Crippen LogP contribution in [0.3, 0.4) is 0 Å². The van der Waals surface area contributed by atoms with Crippen LogP contribution in [0, 0.1) is 0 Å². The van der Waals surface area contributed by atoms with Crippen LogP contribution in [0.5, 0.6) is 0 Å². The summed E-state index contributed by atoms with van der Waals surface area (Å²) in [7, 11) is -1.13. The maximum atomic E-state index is 11.0. The number of sulfone groups is 1. The Hall–Kier alpha value is 0.300. The van der Waals surface area contributed by atoms with Gasteiger partial charge in [-0.2, -0.15) is 11.8 Å². The smallest absolute Gasteiger partial charge is 0.191 e. The molecular weight excluding hydrogens is 397 g/mol. The van der Waals surface area contributed by atoms with Crippen molar-refractivity contribution in [1.29, 1.82) is 0 Å². The highest BCUT2D eigenvalue weighted by molar-refractivity contribution is 14.0. The number of nitrogens with one attached hydrogen (secondary N) is 2. The van der Waals surface area contributed by atoms with Crippen molar-refractivity contribution in [3.63, 3.8) is 0 Å². The number of aliphatic imine (C=N–C) groups is 1. The lowest BCUT2D eigenvalue weighted by Crippen LogP contribution is -2.40. The van der Waals surface area contributed by atoms with Crippen molar-refractivity contribution in [3.8, 4) is 0 Å². The summed E-state index contributed by atoms with van der Waals surface area (Å²) in [6, 6.07) is 0. The maximum absolute atomic E-state index is 11.0. The number of nitrogens with zero attached hydrogens (tertiary/aromatic N) is 1. The molecule has 1 heterocycles. The molecule has 1 atom stereocenters. The molecule has 0 radical (unpaired) electrons. The zero-order valence-corrected chi connectivity index (χ0v) is 15.5. The van der Waals surface area contributed by atoms with Crippen molar-refractivity contribution in [2.75, 3.05) is 37.9 Å². The van der Waals surface area contributed by atoms with E-state index in [1.165, 1.54) is 24.9 Å². The standard InChI is InChI=1S/C11H23N3O2S2.HI/c1-12-11(13-6-4-8-18(2,15)16)14-9-10-5-3-7-17-10;/h10H,3-9H2,1-2H3,(H2,12,13,14);1H. The van der Waals surface area contributed by atoms with E-state index < -0.39 is 9.84 Å². The second-order valence-electron chi connectivity index (χ2n) is 4.50. The molecule has 114 valence electrons. The van der Waals surface area contributed by atoms with Crippen LogP contribution in [-0.2, 0) is 9.84 Å². The third-order valence-corrected chi connectivity index (χ3v) is 5.16. The normalized spacial score (nSPS) is 19.9. The Kier molecular flexibility index (Phi) is 10.2. The summed E-state index contributed by atoms with van der Waals surface area (Å²) in [5, 5.41) is 7.09. The van der Waals surface area contributed by atoms with Gasteiger partial charge >= 0.3 is 0 Å². The Balaban J connectivity index is 0.00000324. The third-order valence-electron chi connectivity index (χ3n) is 2.73. The van der Waals surface area contributed by atoms with Crippen molar-refractivity contribution in [2.24, 2.45) is 4.99 Å². The van der Waals surface area contributed by atoms with Gasteiger partial charge in [-0.15, -0.1) is 24.0 Å². The molecule has 0 spiro atoms. The van der Waals surface area contributed by atoms with Gasteiger partial charge in [0.1, 0.15) is 9.84 Å². The second-order valence-corrected chi connectivity index (χ2v) is 8.17. The molecule has 1 saturated heterocycles. The Morgan fingerprint density at radius 1 is 1.42 bits per heavy atom. The van der Waals surface area contributed by atoms with E-state index >= 15 is 0 Å². The predicted molar refractivity (Wildman–Crippen MR) is 94.6 cm³/mol. The molecule has 1 unspecified atom stereocenters. The van der Waals surface area contributed by atoms with Gasteiger partial charge in [-0.05, 0) is 25.0 Å². The van der Waals surface area contributed by atoms with Crippen LogP contribution < -0.4 is 10.6 Å². The van der Waals surface area contributed by atoms with E-state index in [4.69, 9.17) is 0 Å². The molecular formula is C11H24IN3O2S2. The van der Waals surface area contributed by atoms with E-state index in [9.17, 15) is 8.42 Å². The Morgan fingerprint density at radius 2 is 2.16 bits per heavy atom. The van der Waals surface area contributed by atoms with Crippen molar-refractivity contribution in [2.45, 2.75) is 24.5 Å². The van der Waals surface area contributed by atoms with E-state index in [2.05, 4.69) is 15.6 Å². The van der Waals surface area contributed by atoms with E-state index in [-0.39, 0.29) is 29.7 Å². The molecule has 5 nitrogen and oxygen atoms in total. The molecule has 0 saturated carbocycles. The lowest BCUT2D eigenvalue weighted by molar-refractivity contribution is 0.598. The topological polar surface area (TPSA) is 70.6 Å². The SMILES string of the molecule is CN=C(NCCCS(C)(=O)=O)NCC1CCCS1.I. The number of hydrogen-bond donors (Lipinski definition) is 2. The Labute approximate surface area is 137 Å². The van der Waals surface area contributed by atoms with Gasteiger partial charge < -0.3 is 10.6 Å². The second kappa shape index (κ2) is 10.1. The minimum Gasteiger partial charge on any atom is -0.356 e. The van der Waals surface area contributed by atoms with Crippen molar-refractivity contribution >= 4 is 51.5 Å². The van der Waals surface area contributed by atoms with Gasteiger partial charge in [0, 0.05) is 31.6 Å². The third kappa shape index (κ3) is 9.78. The summed E-state index contributed by atoms with van der Waals surface area (Å²) < 4.78 is 21.9. The lowest BCUT2D eigenvalue weighted by atomic mass is 10.2. The molecule has 1 fully saturated rings. The highest BCUT2D eigenvalue weighted by Crippen LogP contribution is 2.25. The van der Waals surface area contributed by atoms with Gasteiger partial charge in [0.15, 0.2) is 5.96 Å². The monoisotopic (exact) mass is 421 g/mol. The molecule has 1 rings (SSSR count). The Morgan fingerprint density at radius 3 is 2.68 bits per heavy atom. The van der Waals surface area contributed by atoms with Crippen LogP contribution in [0.15, 0.2) is 4.99 Å². The van der Waals surface area contributed by atoms with E-state index in [1.807, 2.05) is 11.8 Å². The number of rotatable bonds is 6. The molecule has 0 aromatic heterocycles. The molecule has 0 amide bonds. The van der Waals surface area contributed by atoms with Gasteiger partial charge in [0.05, 0.1) is 5.75 Å². The molecule has 0 aromatic carbocycles. The molecule has 0 aromatic rings. The van der Waals surface area contributed by atoms with Crippen molar-refractivity contribution < 1.29 is 8.42 Å². The molecule has 0 bridgehead atoms. The first kappa shape index (κ1) is 19.3. The zero-order chi connectivity index (χ0) is 13.4. The molecule has 1 aliphatic rings. The van der Waals surface area contributed by atoms with Gasteiger partial charge in [0.2, 0.25) is 0 Å². The fourth-order valence-electron chi connectivity index (χ4n) is 1.78. The molecule has 2 N–H and O–H groups in total. The zero-order valence-electron chi connectivity index (χ0n) is 11.5. The van der Waals surface area contributed by atoms with E-state index in [1.54, 1.807) is 7.05 Å². The summed E-state index contributed by atoms with van der Waals surface area (Å²) in [6.45, 7) is 1.56. The maximum Gasteiger partial charge on any atom is 0.191 e. The molecule has 1 aliphatic heterocycles. The lowest BCUT2D eigenvalue weighted by Gasteiger charge is -2.14. The van der Waals surface area contributed by atoms with Crippen LogP contribution in [0.2, 0.25) is 0 Å². The number of guanidine groups is 1. The minimum absolute atomic E-state index is 0. The first-order valence-corrected chi connectivity index (χ1v) is 9.36. The Bertz CT molecular complexity index is 368. The largest absolute Gasteiger partial charge is 0.356 e. The highest BCUT2D eigenvalue weighted by Gasteiger charge is 2.15. The van der Waals surface area contributed by atoms with Gasteiger partial charge in [0.25, 0.3) is 0 Å². The average Bonchev–Trinajstić information content (AvgIpc) is 2.79. The average molecular weight is 421 g/mol. The summed E-state index contributed by atoms with van der Waals surface area (Å²) in [4.78, 5) is 4.12. The predicted octanol–water partition coefficient (Wildman–Crippen LogP) is 1.10. The van der Waals surface area contributed by atoms with Crippen LogP contribution in [0.1, 0.15) is 19.3 Å². The quantitative estimate of drug-likeness (QED) is 0.291. The van der Waals surface area contributed by atoms with Crippen molar-refractivity contribution in [3.05, 3.63) is 0 Å². The van der Waals surface area contributed by atoms with Gasteiger partial charge in [-0.25, -0.2) is 8.42 Å². The number of hydrogen-bond acceptors (Lipinski definition) is 4. The first-order valence-electron chi connectivity index (χ1n) is 6.25. The minimum atomic E-state index is -2.86. The molecule has 0 aliphatic carbocycles. The summed E-state index contributed by atoms with van der Waals surface area (Å²) >= 11 is 2.00. The van der Waals surface area contributed by atoms with Crippen LogP contribution in [0.25, 0.3) is 0 Å². The summed E-state index contributed by atoms with van der Waals surface area (Å²) in [5.74, 6) is 2.23. The van der Waals surface area contributed by atoms with Crippen LogP contribution in [-0.4, -0.2) is 57.5 Å². The fourth-order valence-corrected chi connectivity index (χ4v) is 3.65. The summed E-state index contributed by atoms with van der Waals surface area (Å²) in [6.07, 6.45) is 4.44. The highest BCUT2D eigenvalue weighted by atomic mass is 127. The van der Waals surface area contributed by atoms with Crippen LogP contribution in [0.4, 0.5) is 0 Å². The molecule has 8 heteroatoms. The van der Waals surface area contributed by atoms with Gasteiger partial charge in [-0.3, -0.25) is 4.99 Å². The van der Waals surface area contributed by atoms with E-state index in [0.29, 0.717) is 18.2 Å². The first-order chi connectivity index (χ1) is 8.51.